The number of benzene rings is 1. The molecule has 4 heteroatoms. The second-order valence-corrected chi connectivity index (χ2v) is 5.82. The third-order valence-corrected chi connectivity index (χ3v) is 4.34. The van der Waals surface area contributed by atoms with E-state index in [0.717, 1.165) is 5.56 Å². The van der Waals surface area contributed by atoms with Gasteiger partial charge in [0.05, 0.1) is 19.3 Å². The van der Waals surface area contributed by atoms with Crippen LogP contribution < -0.4 is 0 Å². The minimum atomic E-state index is -0.534. The molecule has 0 amide bonds. The molecule has 0 aliphatic heterocycles. The lowest BCUT2D eigenvalue weighted by Crippen LogP contribution is -2.39. The minimum Gasteiger partial charge on any atom is -0.392 e. The number of methoxy groups -OCH3 is 2. The van der Waals surface area contributed by atoms with Crippen LogP contribution in [0.1, 0.15) is 28.8 Å². The molecule has 1 aliphatic rings. The molecule has 22 heavy (non-hydrogen) atoms. The van der Waals surface area contributed by atoms with Crippen LogP contribution in [0.25, 0.3) is 0 Å². The summed E-state index contributed by atoms with van der Waals surface area (Å²) in [6.45, 7) is 2.60. The zero-order chi connectivity index (χ0) is 16.1. The van der Waals surface area contributed by atoms with Gasteiger partial charge in [0, 0.05) is 37.5 Å². The summed E-state index contributed by atoms with van der Waals surface area (Å²) in [7, 11) is 3.31. The fourth-order valence-corrected chi connectivity index (χ4v) is 3.07. The highest BCUT2D eigenvalue weighted by atomic mass is 16.5. The van der Waals surface area contributed by atoms with E-state index < -0.39 is 6.10 Å². The molecular formula is C18H24O4. The van der Waals surface area contributed by atoms with Crippen LogP contribution >= 0.6 is 0 Å². The number of carbonyl (C=O) groups is 1. The molecular weight excluding hydrogens is 280 g/mol. The first kappa shape index (κ1) is 16.9. The Balaban J connectivity index is 2.23. The summed E-state index contributed by atoms with van der Waals surface area (Å²) in [4.78, 5) is 11.4. The Bertz CT molecular complexity index is 520. The molecule has 1 N–H and O–H groups in total. The lowest BCUT2D eigenvalue weighted by molar-refractivity contribution is -0.00583. The molecule has 0 saturated heterocycles. The monoisotopic (exact) mass is 304 g/mol. The maximum Gasteiger partial charge on any atom is 0.159 e. The first-order valence-electron chi connectivity index (χ1n) is 7.53. The molecule has 4 nitrogen and oxygen atoms in total. The van der Waals surface area contributed by atoms with Crippen LogP contribution in [0, 0.1) is 11.8 Å². The lowest BCUT2D eigenvalue weighted by atomic mass is 9.74. The standard InChI is InChI=1S/C18H24O4/c1-12(19)13-4-6-14(7-5-13)16-9-8-15(10-21-2)17(11-22-3)18(16)20/h4-9,15-18,20H,10-11H2,1-3H3/t15-,16+,17+,18-/m1/s1. The Morgan fingerprint density at radius 1 is 1.09 bits per heavy atom. The summed E-state index contributed by atoms with van der Waals surface area (Å²) in [5.41, 5.74) is 1.69. The molecule has 0 unspecified atom stereocenters. The third-order valence-electron chi connectivity index (χ3n) is 4.34. The zero-order valence-electron chi connectivity index (χ0n) is 13.4. The van der Waals surface area contributed by atoms with Crippen molar-refractivity contribution in [3.8, 4) is 0 Å². The lowest BCUT2D eigenvalue weighted by Gasteiger charge is -2.36. The van der Waals surface area contributed by atoms with E-state index in [9.17, 15) is 9.90 Å². The SMILES string of the molecule is COC[C@@H]1[C@H](O)[C@H](c2ccc(C(C)=O)cc2)C=C[C@@H]1COC. The van der Waals surface area contributed by atoms with Gasteiger partial charge in [0.25, 0.3) is 0 Å². The summed E-state index contributed by atoms with van der Waals surface area (Å²) >= 11 is 0. The fourth-order valence-electron chi connectivity index (χ4n) is 3.07. The molecule has 1 aromatic rings. The average molecular weight is 304 g/mol. The van der Waals surface area contributed by atoms with Gasteiger partial charge in [0.15, 0.2) is 5.78 Å². The smallest absolute Gasteiger partial charge is 0.159 e. The van der Waals surface area contributed by atoms with Crippen LogP contribution in [0.15, 0.2) is 36.4 Å². The molecule has 0 bridgehead atoms. The van der Waals surface area contributed by atoms with Crippen molar-refractivity contribution in [3.63, 3.8) is 0 Å². The molecule has 0 aromatic heterocycles. The number of carbonyl (C=O) groups excluding carboxylic acids is 1. The summed E-state index contributed by atoms with van der Waals surface area (Å²) in [6, 6.07) is 7.44. The van der Waals surface area contributed by atoms with Crippen molar-refractivity contribution in [3.05, 3.63) is 47.5 Å². The van der Waals surface area contributed by atoms with Gasteiger partial charge in [-0.25, -0.2) is 0 Å². The number of rotatable bonds is 6. The highest BCUT2D eigenvalue weighted by molar-refractivity contribution is 5.94. The number of Topliss-reactive ketones (excluding diaryl/α,β-unsaturated/α-hetero) is 1. The summed E-state index contributed by atoms with van der Waals surface area (Å²) < 4.78 is 10.5. The van der Waals surface area contributed by atoms with Gasteiger partial charge in [-0.05, 0) is 12.5 Å². The molecule has 0 radical (unpaired) electrons. The molecule has 0 heterocycles. The molecule has 1 aliphatic carbocycles. The van der Waals surface area contributed by atoms with Crippen molar-refractivity contribution >= 4 is 5.78 Å². The quantitative estimate of drug-likeness (QED) is 0.648. The Labute approximate surface area is 131 Å². The molecule has 120 valence electrons. The predicted octanol–water partition coefficient (Wildman–Crippen LogP) is 2.43. The molecule has 0 fully saturated rings. The summed E-state index contributed by atoms with van der Waals surface area (Å²) in [5, 5.41) is 10.7. The number of hydrogen-bond donors (Lipinski definition) is 1. The van der Waals surface area contributed by atoms with Crippen molar-refractivity contribution in [1.82, 2.24) is 0 Å². The second-order valence-electron chi connectivity index (χ2n) is 5.82. The van der Waals surface area contributed by atoms with Crippen LogP contribution in [0.3, 0.4) is 0 Å². The Kier molecular flexibility index (Phi) is 5.89. The van der Waals surface area contributed by atoms with Crippen molar-refractivity contribution in [2.24, 2.45) is 11.8 Å². The maximum absolute atomic E-state index is 11.4. The maximum atomic E-state index is 11.4. The third kappa shape index (κ3) is 3.64. The van der Waals surface area contributed by atoms with Gasteiger partial charge in [-0.1, -0.05) is 36.4 Å². The Hall–Kier alpha value is -1.49. The van der Waals surface area contributed by atoms with Crippen molar-refractivity contribution in [2.45, 2.75) is 18.9 Å². The van der Waals surface area contributed by atoms with E-state index in [-0.39, 0.29) is 23.5 Å². The van der Waals surface area contributed by atoms with Gasteiger partial charge in [0.1, 0.15) is 0 Å². The van der Waals surface area contributed by atoms with Crippen molar-refractivity contribution < 1.29 is 19.4 Å². The largest absolute Gasteiger partial charge is 0.392 e. The van der Waals surface area contributed by atoms with Gasteiger partial charge < -0.3 is 14.6 Å². The first-order valence-corrected chi connectivity index (χ1v) is 7.53. The second kappa shape index (κ2) is 7.68. The average Bonchev–Trinajstić information content (AvgIpc) is 2.51. The van der Waals surface area contributed by atoms with E-state index >= 15 is 0 Å². The van der Waals surface area contributed by atoms with Crippen LogP contribution in [-0.2, 0) is 9.47 Å². The number of aliphatic hydroxyl groups excluding tert-OH is 1. The van der Waals surface area contributed by atoms with E-state index in [2.05, 4.69) is 6.08 Å². The molecule has 0 saturated carbocycles. The predicted molar refractivity (Wildman–Crippen MR) is 85.1 cm³/mol. The van der Waals surface area contributed by atoms with Gasteiger partial charge in [-0.3, -0.25) is 4.79 Å². The molecule has 4 atom stereocenters. The minimum absolute atomic E-state index is 0.00701. The normalized spacial score (nSPS) is 27.8. The molecule has 0 spiro atoms. The van der Waals surface area contributed by atoms with Gasteiger partial charge in [-0.15, -0.1) is 0 Å². The molecule has 2 rings (SSSR count). The summed E-state index contributed by atoms with van der Waals surface area (Å²) in [5.74, 6) is 0.0955. The fraction of sp³-hybridized carbons (Fsp3) is 0.500. The van der Waals surface area contributed by atoms with E-state index in [1.165, 1.54) is 0 Å². The molecule has 1 aromatic carbocycles. The van der Waals surface area contributed by atoms with Gasteiger partial charge in [0.2, 0.25) is 0 Å². The number of hydrogen-bond acceptors (Lipinski definition) is 4. The zero-order valence-corrected chi connectivity index (χ0v) is 13.4. The van der Waals surface area contributed by atoms with Gasteiger partial charge in [-0.2, -0.15) is 0 Å². The van der Waals surface area contributed by atoms with E-state index in [1.807, 2.05) is 30.3 Å². The topological polar surface area (TPSA) is 55.8 Å². The Morgan fingerprint density at radius 2 is 1.73 bits per heavy atom. The first-order chi connectivity index (χ1) is 10.6. The highest BCUT2D eigenvalue weighted by Crippen LogP contribution is 2.35. The Morgan fingerprint density at radius 3 is 2.27 bits per heavy atom. The number of aliphatic hydroxyl groups is 1. The van der Waals surface area contributed by atoms with Crippen LogP contribution in [0.2, 0.25) is 0 Å². The van der Waals surface area contributed by atoms with E-state index in [1.54, 1.807) is 21.1 Å². The van der Waals surface area contributed by atoms with Crippen LogP contribution in [-0.4, -0.2) is 44.4 Å². The number of ether oxygens (including phenoxy) is 2. The van der Waals surface area contributed by atoms with Gasteiger partial charge >= 0.3 is 0 Å². The van der Waals surface area contributed by atoms with Crippen LogP contribution in [0.5, 0.6) is 0 Å². The van der Waals surface area contributed by atoms with E-state index in [0.29, 0.717) is 18.8 Å². The van der Waals surface area contributed by atoms with Crippen molar-refractivity contribution in [2.75, 3.05) is 27.4 Å². The summed E-state index contributed by atoms with van der Waals surface area (Å²) in [6.07, 6.45) is 3.60. The van der Waals surface area contributed by atoms with Crippen LogP contribution in [0.4, 0.5) is 0 Å². The number of ketones is 1. The highest BCUT2D eigenvalue weighted by Gasteiger charge is 2.35. The van der Waals surface area contributed by atoms with E-state index in [4.69, 9.17) is 9.47 Å². The van der Waals surface area contributed by atoms with Crippen molar-refractivity contribution in [1.29, 1.82) is 0 Å².